The molecule has 2 fully saturated rings. The number of carbonyl (C=O) groups excluding carboxylic acids is 2. The number of carbonyl (C=O) groups is 2. The molecule has 0 N–H and O–H groups in total. The third kappa shape index (κ3) is 2.29. The predicted molar refractivity (Wildman–Crippen MR) is 78.1 cm³/mol. The van der Waals surface area contributed by atoms with Crippen molar-refractivity contribution >= 4 is 11.8 Å². The molecule has 0 radical (unpaired) electrons. The lowest BCUT2D eigenvalue weighted by atomic mass is 9.82. The molecule has 0 bridgehead atoms. The Balaban J connectivity index is 1.55. The largest absolute Gasteiger partial charge is 0.465 e. The van der Waals surface area contributed by atoms with E-state index < -0.39 is 0 Å². The lowest BCUT2D eigenvalue weighted by Crippen LogP contribution is -2.16. The maximum Gasteiger partial charge on any atom is 0.306 e. The Hall–Kier alpha value is -1.64. The van der Waals surface area contributed by atoms with Crippen molar-refractivity contribution in [2.75, 3.05) is 6.61 Å². The molecule has 1 saturated carbocycles. The lowest BCUT2D eigenvalue weighted by molar-refractivity contribution is -0.138. The number of ether oxygens (including phenoxy) is 1. The number of ketones is 1. The van der Waals surface area contributed by atoms with Crippen LogP contribution in [-0.2, 0) is 27.2 Å². The van der Waals surface area contributed by atoms with Crippen molar-refractivity contribution in [2.24, 2.45) is 5.41 Å². The monoisotopic (exact) mass is 284 g/mol. The molecule has 0 amide bonds. The molecule has 2 atom stereocenters. The van der Waals surface area contributed by atoms with E-state index in [2.05, 4.69) is 18.2 Å². The van der Waals surface area contributed by atoms with E-state index in [9.17, 15) is 9.59 Å². The molecule has 1 aromatic rings. The average molecular weight is 284 g/mol. The number of hydrogen-bond acceptors (Lipinski definition) is 3. The fourth-order valence-corrected chi connectivity index (χ4v) is 4.31. The van der Waals surface area contributed by atoms with Gasteiger partial charge < -0.3 is 4.74 Å². The molecule has 1 aromatic carbocycles. The minimum atomic E-state index is -0.0281. The fraction of sp³-hybridized carbons (Fsp3) is 0.556. The summed E-state index contributed by atoms with van der Waals surface area (Å²) in [5.41, 5.74) is 4.06. The Morgan fingerprint density at radius 3 is 2.86 bits per heavy atom. The number of Topliss-reactive ketones (excluding diaryl/α,β-unsaturated/α-hetero) is 1. The molecule has 21 heavy (non-hydrogen) atoms. The molecule has 2 aliphatic carbocycles. The van der Waals surface area contributed by atoms with Gasteiger partial charge in [-0.15, -0.1) is 0 Å². The summed E-state index contributed by atoms with van der Waals surface area (Å²) in [6.07, 6.45) is 6.09. The van der Waals surface area contributed by atoms with Gasteiger partial charge in [-0.2, -0.15) is 0 Å². The van der Waals surface area contributed by atoms with Crippen LogP contribution in [-0.4, -0.2) is 18.4 Å². The van der Waals surface area contributed by atoms with Crippen molar-refractivity contribution in [1.82, 2.24) is 0 Å². The van der Waals surface area contributed by atoms with Crippen molar-refractivity contribution in [1.29, 1.82) is 0 Å². The fourth-order valence-electron chi connectivity index (χ4n) is 4.31. The van der Waals surface area contributed by atoms with Gasteiger partial charge in [-0.25, -0.2) is 0 Å². The molecule has 3 aliphatic rings. The Morgan fingerprint density at radius 2 is 2.05 bits per heavy atom. The Morgan fingerprint density at radius 1 is 1.14 bits per heavy atom. The van der Waals surface area contributed by atoms with Gasteiger partial charge in [0.05, 0.1) is 13.0 Å². The van der Waals surface area contributed by atoms with Crippen molar-refractivity contribution in [3.8, 4) is 0 Å². The van der Waals surface area contributed by atoms with E-state index in [0.29, 0.717) is 37.6 Å². The van der Waals surface area contributed by atoms with Crippen molar-refractivity contribution in [3.05, 3.63) is 34.9 Å². The van der Waals surface area contributed by atoms with Crippen LogP contribution in [0.1, 0.15) is 54.7 Å². The molecule has 110 valence electrons. The minimum Gasteiger partial charge on any atom is -0.465 e. The van der Waals surface area contributed by atoms with E-state index in [1.807, 2.05) is 0 Å². The van der Waals surface area contributed by atoms with Crippen LogP contribution in [0.15, 0.2) is 18.2 Å². The third-order valence-corrected chi connectivity index (χ3v) is 5.52. The summed E-state index contributed by atoms with van der Waals surface area (Å²) in [5.74, 6) is 0.874. The SMILES string of the molecule is O=C1CCc2cc([C@@H]3CC[C@]4(COC(=O)C4)C3)ccc2C1. The second-order valence-corrected chi connectivity index (χ2v) is 7.02. The standard InChI is InChI=1S/C18H20O3/c19-16-4-3-12-7-13(1-2-14(12)8-16)15-5-6-18(9-15)10-17(20)21-11-18/h1-2,7,15H,3-6,8-11H2/t15-,18+/m1/s1. The van der Waals surface area contributed by atoms with E-state index in [1.165, 1.54) is 16.7 Å². The first kappa shape index (κ1) is 13.1. The summed E-state index contributed by atoms with van der Waals surface area (Å²) in [6, 6.07) is 6.64. The Bertz CT molecular complexity index is 619. The van der Waals surface area contributed by atoms with Crippen molar-refractivity contribution in [2.45, 2.75) is 50.9 Å². The van der Waals surface area contributed by atoms with Crippen LogP contribution in [0.5, 0.6) is 0 Å². The van der Waals surface area contributed by atoms with E-state index in [-0.39, 0.29) is 11.4 Å². The maximum atomic E-state index is 11.5. The predicted octanol–water partition coefficient (Wildman–Crippen LogP) is 2.95. The second kappa shape index (κ2) is 4.69. The van der Waals surface area contributed by atoms with Gasteiger partial charge in [-0.05, 0) is 48.3 Å². The first-order valence-corrected chi connectivity index (χ1v) is 7.93. The van der Waals surface area contributed by atoms with Crippen molar-refractivity contribution in [3.63, 3.8) is 0 Å². The first-order chi connectivity index (χ1) is 10.1. The van der Waals surface area contributed by atoms with Crippen LogP contribution < -0.4 is 0 Å². The highest BCUT2D eigenvalue weighted by Crippen LogP contribution is 2.51. The molecule has 1 heterocycles. The summed E-state index contributed by atoms with van der Waals surface area (Å²) in [6.45, 7) is 0.613. The van der Waals surface area contributed by atoms with E-state index in [4.69, 9.17) is 4.74 Å². The van der Waals surface area contributed by atoms with E-state index >= 15 is 0 Å². The number of esters is 1. The molecule has 0 aromatic heterocycles. The molecule has 1 aliphatic heterocycles. The van der Waals surface area contributed by atoms with Crippen LogP contribution in [0.2, 0.25) is 0 Å². The third-order valence-electron chi connectivity index (χ3n) is 5.52. The number of cyclic esters (lactones) is 1. The highest BCUT2D eigenvalue weighted by Gasteiger charge is 2.46. The summed E-state index contributed by atoms with van der Waals surface area (Å²) < 4.78 is 5.20. The normalized spacial score (nSPS) is 31.5. The topological polar surface area (TPSA) is 43.4 Å². The van der Waals surface area contributed by atoms with E-state index in [1.54, 1.807) is 0 Å². The molecular weight excluding hydrogens is 264 g/mol. The molecule has 3 heteroatoms. The zero-order valence-electron chi connectivity index (χ0n) is 12.2. The van der Waals surface area contributed by atoms with Gasteiger partial charge in [-0.1, -0.05) is 18.2 Å². The quantitative estimate of drug-likeness (QED) is 0.745. The molecule has 1 spiro atoms. The molecular formula is C18H20O3. The zero-order valence-corrected chi connectivity index (χ0v) is 12.2. The molecule has 1 saturated heterocycles. The maximum absolute atomic E-state index is 11.5. The van der Waals surface area contributed by atoms with Crippen molar-refractivity contribution < 1.29 is 14.3 Å². The lowest BCUT2D eigenvalue weighted by Gasteiger charge is -2.21. The molecule has 0 unspecified atom stereocenters. The van der Waals surface area contributed by atoms with Gasteiger partial charge in [0.15, 0.2) is 0 Å². The van der Waals surface area contributed by atoms with Crippen LogP contribution in [0.4, 0.5) is 0 Å². The smallest absolute Gasteiger partial charge is 0.306 e. The van der Waals surface area contributed by atoms with Crippen LogP contribution in [0.25, 0.3) is 0 Å². The van der Waals surface area contributed by atoms with Gasteiger partial charge in [0, 0.05) is 18.3 Å². The highest BCUT2D eigenvalue weighted by atomic mass is 16.5. The van der Waals surface area contributed by atoms with Gasteiger partial charge in [0.25, 0.3) is 0 Å². The summed E-state index contributed by atoms with van der Waals surface area (Å²) in [7, 11) is 0. The Labute approximate surface area is 124 Å². The molecule has 4 rings (SSSR count). The zero-order chi connectivity index (χ0) is 14.4. The number of rotatable bonds is 1. The Kier molecular flexibility index (Phi) is 2.91. The van der Waals surface area contributed by atoms with Crippen LogP contribution in [0, 0.1) is 5.41 Å². The summed E-state index contributed by atoms with van der Waals surface area (Å²) in [5, 5.41) is 0. The number of fused-ring (bicyclic) bond motifs is 1. The van der Waals surface area contributed by atoms with Crippen LogP contribution >= 0.6 is 0 Å². The average Bonchev–Trinajstić information content (AvgIpc) is 3.05. The number of aryl methyl sites for hydroxylation is 1. The van der Waals surface area contributed by atoms with Gasteiger partial charge in [0.2, 0.25) is 0 Å². The summed E-state index contributed by atoms with van der Waals surface area (Å²) in [4.78, 5) is 22.9. The molecule has 3 nitrogen and oxygen atoms in total. The number of hydrogen-bond donors (Lipinski definition) is 0. The highest BCUT2D eigenvalue weighted by molar-refractivity contribution is 5.83. The second-order valence-electron chi connectivity index (χ2n) is 7.02. The number of benzene rings is 1. The minimum absolute atomic E-state index is 0.0281. The van der Waals surface area contributed by atoms with Gasteiger partial charge in [-0.3, -0.25) is 9.59 Å². The van der Waals surface area contributed by atoms with Gasteiger partial charge in [0.1, 0.15) is 5.78 Å². The van der Waals surface area contributed by atoms with Gasteiger partial charge >= 0.3 is 5.97 Å². The van der Waals surface area contributed by atoms with Crippen LogP contribution in [0.3, 0.4) is 0 Å². The summed E-state index contributed by atoms with van der Waals surface area (Å²) >= 11 is 0. The first-order valence-electron chi connectivity index (χ1n) is 7.93. The van der Waals surface area contributed by atoms with E-state index in [0.717, 1.165) is 25.7 Å².